The summed E-state index contributed by atoms with van der Waals surface area (Å²) in [6, 6.07) is 0. The molecule has 1 aromatic heterocycles. The third-order valence-corrected chi connectivity index (χ3v) is 5.11. The van der Waals surface area contributed by atoms with Crippen LogP contribution in [0.15, 0.2) is 5.38 Å². The van der Waals surface area contributed by atoms with Crippen molar-refractivity contribution >= 4 is 34.8 Å². The summed E-state index contributed by atoms with van der Waals surface area (Å²) in [5, 5.41) is 2.40. The molecule has 1 amide bonds. The molecule has 2 heterocycles. The van der Waals surface area contributed by atoms with Crippen LogP contribution in [-0.2, 0) is 9.53 Å². The molecule has 0 radical (unpaired) electrons. The van der Waals surface area contributed by atoms with Crippen LogP contribution in [0.5, 0.6) is 0 Å². The van der Waals surface area contributed by atoms with Gasteiger partial charge in [-0.15, -0.1) is 11.3 Å². The third-order valence-electron chi connectivity index (χ3n) is 3.42. The van der Waals surface area contributed by atoms with Gasteiger partial charge in [0.15, 0.2) is 0 Å². The molecule has 1 aliphatic heterocycles. The topological polar surface area (TPSA) is 46.6 Å². The van der Waals surface area contributed by atoms with Crippen molar-refractivity contribution in [3.63, 3.8) is 0 Å². The fourth-order valence-corrected chi connectivity index (χ4v) is 3.57. The van der Waals surface area contributed by atoms with Crippen LogP contribution in [0.3, 0.4) is 0 Å². The van der Waals surface area contributed by atoms with Crippen LogP contribution in [0, 0.1) is 12.8 Å². The molecule has 1 aromatic rings. The van der Waals surface area contributed by atoms with Gasteiger partial charge in [-0.3, -0.25) is 9.59 Å². The quantitative estimate of drug-likeness (QED) is 0.805. The second kappa shape index (κ2) is 6.59. The van der Waals surface area contributed by atoms with Crippen molar-refractivity contribution in [3.8, 4) is 0 Å². The van der Waals surface area contributed by atoms with Crippen molar-refractivity contribution in [2.45, 2.75) is 26.7 Å². The largest absolute Gasteiger partial charge is 0.466 e. The monoisotopic (exact) mass is 315 g/mol. The van der Waals surface area contributed by atoms with Gasteiger partial charge in [-0.05, 0) is 37.6 Å². The Kier molecular flexibility index (Phi) is 5.05. The Morgan fingerprint density at radius 1 is 1.55 bits per heavy atom. The predicted molar refractivity (Wildman–Crippen MR) is 79.3 cm³/mol. The first kappa shape index (κ1) is 15.3. The summed E-state index contributed by atoms with van der Waals surface area (Å²) in [6.45, 7) is 5.14. The molecule has 4 nitrogen and oxygen atoms in total. The average molecular weight is 316 g/mol. The van der Waals surface area contributed by atoms with Gasteiger partial charge in [0.2, 0.25) is 0 Å². The maximum absolute atomic E-state index is 12.5. The lowest BCUT2D eigenvalue weighted by Gasteiger charge is -2.31. The summed E-state index contributed by atoms with van der Waals surface area (Å²) in [5.41, 5.74) is 0.916. The number of esters is 1. The average Bonchev–Trinajstić information content (AvgIpc) is 2.79. The summed E-state index contributed by atoms with van der Waals surface area (Å²) in [5.74, 6) is -0.506. The van der Waals surface area contributed by atoms with E-state index >= 15 is 0 Å². The van der Waals surface area contributed by atoms with Gasteiger partial charge in [-0.25, -0.2) is 0 Å². The van der Waals surface area contributed by atoms with E-state index in [1.165, 1.54) is 11.3 Å². The van der Waals surface area contributed by atoms with Crippen molar-refractivity contribution in [3.05, 3.63) is 20.8 Å². The Morgan fingerprint density at radius 3 is 2.90 bits per heavy atom. The van der Waals surface area contributed by atoms with Gasteiger partial charge in [0.25, 0.3) is 5.91 Å². The minimum Gasteiger partial charge on any atom is -0.466 e. The van der Waals surface area contributed by atoms with E-state index in [0.29, 0.717) is 29.6 Å². The number of likely N-dealkylation sites (tertiary alicyclic amines) is 1. The lowest BCUT2D eigenvalue weighted by molar-refractivity contribution is -0.149. The first-order valence-corrected chi connectivity index (χ1v) is 7.99. The minimum atomic E-state index is -0.215. The number of aryl methyl sites for hydroxylation is 1. The van der Waals surface area contributed by atoms with Gasteiger partial charge in [-0.2, -0.15) is 0 Å². The highest BCUT2D eigenvalue weighted by atomic mass is 35.5. The van der Waals surface area contributed by atoms with Crippen LogP contribution in [-0.4, -0.2) is 36.5 Å². The zero-order valence-electron chi connectivity index (χ0n) is 11.6. The smallest absolute Gasteiger partial charge is 0.310 e. The number of carbonyl (C=O) groups is 2. The summed E-state index contributed by atoms with van der Waals surface area (Å²) in [6.07, 6.45) is 1.59. The molecule has 1 atom stereocenters. The lowest BCUT2D eigenvalue weighted by atomic mass is 9.98. The molecular formula is C14H18ClNO3S. The van der Waals surface area contributed by atoms with E-state index in [2.05, 4.69) is 0 Å². The van der Waals surface area contributed by atoms with Crippen LogP contribution in [0.4, 0.5) is 0 Å². The van der Waals surface area contributed by atoms with E-state index in [1.54, 1.807) is 11.8 Å². The van der Waals surface area contributed by atoms with Crippen LogP contribution < -0.4 is 0 Å². The van der Waals surface area contributed by atoms with E-state index in [9.17, 15) is 9.59 Å². The number of halogens is 1. The summed E-state index contributed by atoms with van der Waals surface area (Å²) in [4.78, 5) is 26.5. The van der Waals surface area contributed by atoms with Gasteiger partial charge in [0.1, 0.15) is 4.88 Å². The van der Waals surface area contributed by atoms with Gasteiger partial charge < -0.3 is 9.64 Å². The van der Waals surface area contributed by atoms with Crippen LogP contribution in [0.25, 0.3) is 0 Å². The number of carbonyl (C=O) groups excluding carboxylic acids is 2. The Balaban J connectivity index is 2.07. The predicted octanol–water partition coefficient (Wildman–Crippen LogP) is 3.13. The summed E-state index contributed by atoms with van der Waals surface area (Å²) in [7, 11) is 0. The highest BCUT2D eigenvalue weighted by Crippen LogP contribution is 2.30. The molecule has 1 fully saturated rings. The van der Waals surface area contributed by atoms with E-state index in [1.807, 2.05) is 12.3 Å². The molecule has 1 saturated heterocycles. The van der Waals surface area contributed by atoms with Crippen molar-refractivity contribution in [2.75, 3.05) is 19.7 Å². The number of hydrogen-bond acceptors (Lipinski definition) is 4. The molecule has 2 rings (SSSR count). The molecule has 110 valence electrons. The molecule has 0 spiro atoms. The molecule has 1 unspecified atom stereocenters. The Hall–Kier alpha value is -1.07. The third kappa shape index (κ3) is 3.15. The van der Waals surface area contributed by atoms with E-state index in [0.717, 1.165) is 18.4 Å². The zero-order valence-corrected chi connectivity index (χ0v) is 13.2. The highest BCUT2D eigenvalue weighted by molar-refractivity contribution is 7.13. The van der Waals surface area contributed by atoms with Crippen molar-refractivity contribution in [1.29, 1.82) is 0 Å². The zero-order chi connectivity index (χ0) is 14.7. The first-order valence-electron chi connectivity index (χ1n) is 6.74. The number of amides is 1. The number of ether oxygens (including phenoxy) is 1. The van der Waals surface area contributed by atoms with Crippen LogP contribution in [0.1, 0.15) is 35.0 Å². The van der Waals surface area contributed by atoms with Gasteiger partial charge in [0, 0.05) is 13.1 Å². The van der Waals surface area contributed by atoms with Crippen molar-refractivity contribution < 1.29 is 14.3 Å². The molecule has 1 aliphatic rings. The summed E-state index contributed by atoms with van der Waals surface area (Å²) >= 11 is 7.50. The second-order valence-corrected chi connectivity index (χ2v) is 6.16. The first-order chi connectivity index (χ1) is 9.54. The highest BCUT2D eigenvalue weighted by Gasteiger charge is 2.31. The van der Waals surface area contributed by atoms with Gasteiger partial charge >= 0.3 is 5.97 Å². The van der Waals surface area contributed by atoms with Crippen LogP contribution in [0.2, 0.25) is 5.02 Å². The van der Waals surface area contributed by atoms with Gasteiger partial charge in [-0.1, -0.05) is 11.6 Å². The number of hydrogen-bond donors (Lipinski definition) is 0. The fourth-order valence-electron chi connectivity index (χ4n) is 2.33. The molecule has 0 N–H and O–H groups in total. The number of thiophene rings is 1. The normalized spacial score (nSPS) is 18.9. The van der Waals surface area contributed by atoms with E-state index < -0.39 is 0 Å². The van der Waals surface area contributed by atoms with E-state index in [4.69, 9.17) is 16.3 Å². The molecule has 0 aromatic carbocycles. The Bertz CT molecular complexity index is 515. The van der Waals surface area contributed by atoms with Crippen molar-refractivity contribution in [2.24, 2.45) is 5.92 Å². The number of piperidine rings is 1. The second-order valence-electron chi connectivity index (χ2n) is 4.90. The summed E-state index contributed by atoms with van der Waals surface area (Å²) < 4.78 is 5.04. The lowest BCUT2D eigenvalue weighted by Crippen LogP contribution is -2.42. The fraction of sp³-hybridized carbons (Fsp3) is 0.571. The minimum absolute atomic E-state index is 0.0814. The maximum Gasteiger partial charge on any atom is 0.310 e. The SMILES string of the molecule is CCOC(=O)C1CCCN(C(=O)c2scc(C)c2Cl)C1. The maximum atomic E-state index is 12.5. The molecule has 0 bridgehead atoms. The van der Waals surface area contributed by atoms with E-state index in [-0.39, 0.29) is 17.8 Å². The number of nitrogens with zero attached hydrogens (tertiary/aromatic N) is 1. The molecule has 20 heavy (non-hydrogen) atoms. The molecular weight excluding hydrogens is 298 g/mol. The van der Waals surface area contributed by atoms with Crippen molar-refractivity contribution in [1.82, 2.24) is 4.90 Å². The standard InChI is InChI=1S/C14H18ClNO3S/c1-3-19-14(18)10-5-4-6-16(7-10)13(17)12-11(15)9(2)8-20-12/h8,10H,3-7H2,1-2H3. The molecule has 6 heteroatoms. The Morgan fingerprint density at radius 2 is 2.30 bits per heavy atom. The number of rotatable bonds is 3. The van der Waals surface area contributed by atoms with Crippen LogP contribution >= 0.6 is 22.9 Å². The Labute approximate surface area is 127 Å². The van der Waals surface area contributed by atoms with Gasteiger partial charge in [0.05, 0.1) is 17.5 Å². The molecule has 0 aliphatic carbocycles. The molecule has 0 saturated carbocycles.